The van der Waals surface area contributed by atoms with Crippen LogP contribution in [-0.2, 0) is 14.3 Å². The number of nitrogens with zero attached hydrogens (tertiary/aromatic N) is 2. The quantitative estimate of drug-likeness (QED) is 0.341. The number of fused-ring (bicyclic) bond motifs is 2. The maximum absolute atomic E-state index is 13.7. The minimum atomic E-state index is -1.12. The van der Waals surface area contributed by atoms with Crippen LogP contribution in [0.4, 0.5) is 0 Å². The second-order valence-corrected chi connectivity index (χ2v) is 14.4. The normalized spacial score (nSPS) is 46.1. The van der Waals surface area contributed by atoms with Crippen molar-refractivity contribution < 1.29 is 19.4 Å². The molecule has 9 atom stereocenters. The first kappa shape index (κ1) is 27.0. The van der Waals surface area contributed by atoms with E-state index in [4.69, 9.17) is 4.74 Å². The van der Waals surface area contributed by atoms with E-state index in [1.807, 2.05) is 0 Å². The highest BCUT2D eigenvalue weighted by atomic mass is 16.5. The van der Waals surface area contributed by atoms with Crippen molar-refractivity contribution in [2.45, 2.75) is 90.8 Å². The summed E-state index contributed by atoms with van der Waals surface area (Å²) in [7, 11) is 2.21. The highest BCUT2D eigenvalue weighted by Crippen LogP contribution is 2.84. The van der Waals surface area contributed by atoms with E-state index in [-0.39, 0.29) is 30.0 Å². The molecule has 0 radical (unpaired) electrons. The van der Waals surface area contributed by atoms with Crippen LogP contribution >= 0.6 is 0 Å². The molecule has 6 aliphatic rings. The van der Waals surface area contributed by atoms with Crippen LogP contribution in [0.2, 0.25) is 0 Å². The number of piperidine rings is 1. The van der Waals surface area contributed by atoms with Crippen molar-refractivity contribution >= 4 is 12.3 Å². The number of likely N-dealkylation sites (tertiary alicyclic amines) is 1. The second kappa shape index (κ2) is 9.69. The van der Waals surface area contributed by atoms with E-state index in [9.17, 15) is 14.7 Å². The van der Waals surface area contributed by atoms with Crippen molar-refractivity contribution in [2.75, 3.05) is 39.8 Å². The third kappa shape index (κ3) is 3.48. The van der Waals surface area contributed by atoms with Crippen molar-refractivity contribution in [1.82, 2.24) is 9.80 Å². The Morgan fingerprint density at radius 2 is 1.95 bits per heavy atom. The SMILES string of the molecule is CC(C)C1=CC2CC3(C=O)[C@@H]4CC[C@@H](C)[C@H]4CC2(C2CCC(CN(C)CCN4CCCCC4)O2)C13C(=O)O. The minimum absolute atomic E-state index is 0.0906. The van der Waals surface area contributed by atoms with Crippen LogP contribution in [0.3, 0.4) is 0 Å². The zero-order valence-electron chi connectivity index (χ0n) is 24.2. The molecule has 0 aromatic heterocycles. The van der Waals surface area contributed by atoms with E-state index in [0.29, 0.717) is 18.3 Å². The van der Waals surface area contributed by atoms with Gasteiger partial charge in [-0.1, -0.05) is 45.3 Å². The third-order valence-electron chi connectivity index (χ3n) is 12.4. The predicted octanol–water partition coefficient (Wildman–Crippen LogP) is 4.88. The maximum atomic E-state index is 13.7. The van der Waals surface area contributed by atoms with E-state index in [1.165, 1.54) is 32.4 Å². The lowest BCUT2D eigenvalue weighted by Crippen LogP contribution is -2.65. The Labute approximate surface area is 229 Å². The molecule has 2 aliphatic heterocycles. The molecule has 0 aromatic carbocycles. The number of likely N-dealkylation sites (N-methyl/N-ethyl adjacent to an activating group) is 1. The average Bonchev–Trinajstić information content (AvgIpc) is 3.63. The summed E-state index contributed by atoms with van der Waals surface area (Å²) in [5.74, 6) is 0.636. The summed E-state index contributed by atoms with van der Waals surface area (Å²) in [6.07, 6.45) is 13.1. The molecule has 2 saturated heterocycles. The number of carboxylic acid groups (broad SMARTS) is 1. The van der Waals surface area contributed by atoms with Crippen LogP contribution in [0.5, 0.6) is 0 Å². The smallest absolute Gasteiger partial charge is 0.315 e. The van der Waals surface area contributed by atoms with E-state index >= 15 is 0 Å². The summed E-state index contributed by atoms with van der Waals surface area (Å²) in [6.45, 7) is 12.1. The number of aldehydes is 1. The topological polar surface area (TPSA) is 70.1 Å². The number of carboxylic acids is 1. The first-order chi connectivity index (χ1) is 18.2. The van der Waals surface area contributed by atoms with Gasteiger partial charge in [0.1, 0.15) is 11.7 Å². The molecule has 212 valence electrons. The van der Waals surface area contributed by atoms with Crippen molar-refractivity contribution in [1.29, 1.82) is 0 Å². The fourth-order valence-electron chi connectivity index (χ4n) is 11.0. The number of carbonyl (C=O) groups is 2. The number of hydrogen-bond donors (Lipinski definition) is 1. The molecular formula is C32H50N2O4. The van der Waals surface area contributed by atoms with Crippen LogP contribution in [0.25, 0.3) is 0 Å². The van der Waals surface area contributed by atoms with Gasteiger partial charge in [0.2, 0.25) is 0 Å². The molecule has 2 heterocycles. The fourth-order valence-corrected chi connectivity index (χ4v) is 11.0. The first-order valence-electron chi connectivity index (χ1n) is 15.7. The number of rotatable bonds is 9. The van der Waals surface area contributed by atoms with Gasteiger partial charge in [0.15, 0.2) is 0 Å². The minimum Gasteiger partial charge on any atom is -0.481 e. The molecule has 38 heavy (non-hydrogen) atoms. The average molecular weight is 527 g/mol. The van der Waals surface area contributed by atoms with Crippen LogP contribution in [-0.4, -0.2) is 79.1 Å². The molecule has 0 spiro atoms. The van der Waals surface area contributed by atoms with Gasteiger partial charge < -0.3 is 24.4 Å². The van der Waals surface area contributed by atoms with Gasteiger partial charge in [0.05, 0.1) is 17.6 Å². The highest BCUT2D eigenvalue weighted by molar-refractivity contribution is 5.90. The molecule has 6 nitrogen and oxygen atoms in total. The van der Waals surface area contributed by atoms with E-state index in [0.717, 1.165) is 63.6 Å². The lowest BCUT2D eigenvalue weighted by Gasteiger charge is -2.60. The molecule has 3 saturated carbocycles. The summed E-state index contributed by atoms with van der Waals surface area (Å²) in [6, 6.07) is 0. The molecular weight excluding hydrogens is 476 g/mol. The monoisotopic (exact) mass is 526 g/mol. The fraction of sp³-hybridized carbons (Fsp3) is 0.875. The van der Waals surface area contributed by atoms with E-state index in [1.54, 1.807) is 0 Å². The summed E-state index contributed by atoms with van der Waals surface area (Å²) in [4.78, 5) is 32.0. The van der Waals surface area contributed by atoms with Crippen LogP contribution in [0.15, 0.2) is 11.6 Å². The highest BCUT2D eigenvalue weighted by Gasteiger charge is 2.86. The molecule has 6 unspecified atom stereocenters. The standard InChI is InChI=1S/C32H50N2O4/c1-21(2)27-16-23-17-30(20-35)26-10-8-22(3)25(26)18-31(23,32(27,30)29(36)37)28-11-9-24(38-28)19-33(4)14-15-34-12-6-5-7-13-34/h16,20-26,28H,5-15,17-19H2,1-4H3,(H,36,37)/t22-,23?,24?,25-,26-,28?,30?,31?,32?/m1/s1. The van der Waals surface area contributed by atoms with Crippen molar-refractivity contribution in [2.24, 2.45) is 45.8 Å². The maximum Gasteiger partial charge on any atom is 0.315 e. The Bertz CT molecular complexity index is 975. The Kier molecular flexibility index (Phi) is 6.88. The zero-order valence-corrected chi connectivity index (χ0v) is 24.2. The lowest BCUT2D eigenvalue weighted by atomic mass is 9.41. The molecule has 5 fully saturated rings. The molecule has 1 N–H and O–H groups in total. The summed E-state index contributed by atoms with van der Waals surface area (Å²) in [5.41, 5.74) is -1.39. The van der Waals surface area contributed by atoms with Crippen LogP contribution < -0.4 is 0 Å². The number of aliphatic carboxylic acids is 1. The molecule has 0 aromatic rings. The van der Waals surface area contributed by atoms with Gasteiger partial charge in [-0.15, -0.1) is 0 Å². The Balaban J connectivity index is 1.28. The van der Waals surface area contributed by atoms with Crippen LogP contribution in [0.1, 0.15) is 78.6 Å². The number of allylic oxidation sites excluding steroid dienone is 1. The zero-order chi connectivity index (χ0) is 26.9. The molecule has 4 aliphatic carbocycles. The molecule has 4 bridgehead atoms. The molecule has 6 heteroatoms. The van der Waals surface area contributed by atoms with Crippen molar-refractivity contribution in [3.05, 3.63) is 11.6 Å². The molecule has 6 rings (SSSR count). The number of ether oxygens (including phenoxy) is 1. The van der Waals surface area contributed by atoms with Gasteiger partial charge in [-0.25, -0.2) is 0 Å². The van der Waals surface area contributed by atoms with E-state index in [2.05, 4.69) is 43.7 Å². The second-order valence-electron chi connectivity index (χ2n) is 14.4. The lowest BCUT2D eigenvalue weighted by molar-refractivity contribution is -0.197. The molecule has 0 amide bonds. The van der Waals surface area contributed by atoms with Gasteiger partial charge in [-0.05, 0) is 94.7 Å². The van der Waals surface area contributed by atoms with Crippen molar-refractivity contribution in [3.8, 4) is 0 Å². The summed E-state index contributed by atoms with van der Waals surface area (Å²) >= 11 is 0. The summed E-state index contributed by atoms with van der Waals surface area (Å²) < 4.78 is 6.97. The van der Waals surface area contributed by atoms with Gasteiger partial charge in [-0.3, -0.25) is 4.79 Å². The van der Waals surface area contributed by atoms with Gasteiger partial charge in [0, 0.05) is 25.0 Å². The number of carbonyl (C=O) groups excluding carboxylic acids is 1. The number of hydrogen-bond acceptors (Lipinski definition) is 5. The van der Waals surface area contributed by atoms with Gasteiger partial charge in [0.25, 0.3) is 0 Å². The van der Waals surface area contributed by atoms with Gasteiger partial charge in [-0.2, -0.15) is 0 Å². The summed E-state index contributed by atoms with van der Waals surface area (Å²) in [5, 5.41) is 11.3. The third-order valence-corrected chi connectivity index (χ3v) is 12.4. The van der Waals surface area contributed by atoms with Crippen molar-refractivity contribution in [3.63, 3.8) is 0 Å². The van der Waals surface area contributed by atoms with Gasteiger partial charge >= 0.3 is 5.97 Å². The Morgan fingerprint density at radius 1 is 1.18 bits per heavy atom. The van der Waals surface area contributed by atoms with Crippen LogP contribution in [0, 0.1) is 45.8 Å². The largest absolute Gasteiger partial charge is 0.481 e. The predicted molar refractivity (Wildman–Crippen MR) is 148 cm³/mol. The first-order valence-corrected chi connectivity index (χ1v) is 15.7. The Morgan fingerprint density at radius 3 is 2.63 bits per heavy atom. The Hall–Kier alpha value is -1.24. The van der Waals surface area contributed by atoms with E-state index < -0.39 is 22.2 Å².